The highest BCUT2D eigenvalue weighted by atomic mass is 35.5. The number of anilines is 1. The number of thioether (sulfide) groups is 1. The van der Waals surface area contributed by atoms with E-state index in [1.165, 1.54) is 22.7 Å². The molecule has 0 radical (unpaired) electrons. The maximum Gasteiger partial charge on any atom is 0.352 e. The number of nitrogens with zero attached hydrogens (tertiary/aromatic N) is 2. The lowest BCUT2D eigenvalue weighted by molar-refractivity contribution is -0.150. The van der Waals surface area contributed by atoms with Crippen molar-refractivity contribution in [3.05, 3.63) is 40.5 Å². The Morgan fingerprint density at radius 1 is 1.54 bits per heavy atom. The predicted molar refractivity (Wildman–Crippen MR) is 100 cm³/mol. The molecule has 4 N–H and O–H groups in total. The first-order chi connectivity index (χ1) is 12.4. The number of aromatic nitrogens is 1. The van der Waals surface area contributed by atoms with Crippen molar-refractivity contribution in [1.82, 2.24) is 15.2 Å². The fourth-order valence-corrected chi connectivity index (χ4v) is 4.77. The third kappa shape index (κ3) is 3.00. The Kier molecular flexibility index (Phi) is 5.08. The van der Waals surface area contributed by atoms with Crippen molar-refractivity contribution in [3.8, 4) is 0 Å². The number of nitrogens with one attached hydrogen (secondary N) is 1. The molecule has 136 valence electrons. The van der Waals surface area contributed by atoms with Gasteiger partial charge >= 0.3 is 5.97 Å². The molecule has 3 heterocycles. The number of nitrogen functional groups attached to an aromatic ring is 1. The Morgan fingerprint density at radius 2 is 2.27 bits per heavy atom. The third-order valence-corrected chi connectivity index (χ3v) is 6.08. The van der Waals surface area contributed by atoms with Crippen molar-refractivity contribution < 1.29 is 19.5 Å². The molecule has 1 unspecified atom stereocenters. The van der Waals surface area contributed by atoms with E-state index in [-0.39, 0.29) is 16.4 Å². The van der Waals surface area contributed by atoms with Crippen molar-refractivity contribution in [2.45, 2.75) is 11.4 Å². The summed E-state index contributed by atoms with van der Waals surface area (Å²) in [5, 5.41) is 13.3. The van der Waals surface area contributed by atoms with Crippen molar-refractivity contribution in [2.24, 2.45) is 0 Å². The highest BCUT2D eigenvalue weighted by Gasteiger charge is 2.54. The summed E-state index contributed by atoms with van der Waals surface area (Å²) in [6.45, 7) is 3.58. The number of fused-ring (bicyclic) bond motifs is 1. The number of thiazole rings is 1. The van der Waals surface area contributed by atoms with Gasteiger partial charge in [0.15, 0.2) is 5.13 Å². The molecule has 11 heteroatoms. The van der Waals surface area contributed by atoms with Crippen LogP contribution >= 0.6 is 34.7 Å². The summed E-state index contributed by atoms with van der Waals surface area (Å²) >= 11 is 8.24. The van der Waals surface area contributed by atoms with E-state index in [9.17, 15) is 19.5 Å². The highest BCUT2D eigenvalue weighted by Crippen LogP contribution is 2.40. The van der Waals surface area contributed by atoms with Crippen LogP contribution in [0.1, 0.15) is 5.69 Å². The molecule has 2 aliphatic rings. The Hall–Kier alpha value is -2.30. The number of hydrogen-bond acceptors (Lipinski definition) is 7. The van der Waals surface area contributed by atoms with Crippen LogP contribution in [-0.2, 0) is 14.4 Å². The maximum absolute atomic E-state index is 12.5. The number of halogens is 1. The molecule has 2 atom stereocenters. The summed E-state index contributed by atoms with van der Waals surface area (Å²) in [5.74, 6) is -1.91. The molecule has 1 aromatic rings. The molecule has 2 amide bonds. The second-order valence-corrected chi connectivity index (χ2v) is 7.55. The van der Waals surface area contributed by atoms with Gasteiger partial charge in [-0.1, -0.05) is 24.3 Å². The van der Waals surface area contributed by atoms with Gasteiger partial charge < -0.3 is 16.2 Å². The standard InChI is InChI=1S/C15H13ClN4O4S2/c1-2-6-4-25-13-9(12(22)20(13)10(6)14(23)24)19-11(21)7(3-16)8-5-26-15(17)18-8/h2-3,5,9,13H,1,4H2,(H2,17,18)(H,19,21)(H,23,24)/b7-3-/t9?,13-/m1/s1. The number of carbonyl (C=O) groups is 3. The fraction of sp³-hybridized carbons (Fsp3) is 0.200. The van der Waals surface area contributed by atoms with Crippen LogP contribution in [-0.4, -0.2) is 49.9 Å². The van der Waals surface area contributed by atoms with Crippen LogP contribution in [0.4, 0.5) is 5.13 Å². The van der Waals surface area contributed by atoms with Gasteiger partial charge in [0.1, 0.15) is 17.1 Å². The zero-order chi connectivity index (χ0) is 19.0. The summed E-state index contributed by atoms with van der Waals surface area (Å²) in [6, 6.07) is -0.851. The predicted octanol–water partition coefficient (Wildman–Crippen LogP) is 1.23. The summed E-state index contributed by atoms with van der Waals surface area (Å²) in [6.07, 6.45) is 1.42. The lowest BCUT2D eigenvalue weighted by Crippen LogP contribution is -2.70. The second kappa shape index (κ2) is 7.14. The molecule has 0 aromatic carbocycles. The number of hydrogen-bond donors (Lipinski definition) is 3. The fourth-order valence-electron chi connectivity index (χ4n) is 2.65. The molecule has 0 bridgehead atoms. The molecule has 1 saturated heterocycles. The van der Waals surface area contributed by atoms with Crippen LogP contribution in [0.5, 0.6) is 0 Å². The first-order valence-electron chi connectivity index (χ1n) is 7.25. The molecule has 8 nitrogen and oxygen atoms in total. The number of nitrogens with two attached hydrogens (primary N) is 1. The zero-order valence-corrected chi connectivity index (χ0v) is 15.5. The smallest absolute Gasteiger partial charge is 0.352 e. The van der Waals surface area contributed by atoms with E-state index < -0.39 is 29.2 Å². The molecule has 0 aliphatic carbocycles. The first kappa shape index (κ1) is 18.5. The van der Waals surface area contributed by atoms with E-state index in [4.69, 9.17) is 17.3 Å². The average molecular weight is 413 g/mol. The van der Waals surface area contributed by atoms with Gasteiger partial charge in [-0.3, -0.25) is 14.5 Å². The quantitative estimate of drug-likeness (QED) is 0.490. The number of carboxylic acid groups (broad SMARTS) is 1. The van der Waals surface area contributed by atoms with Crippen LogP contribution in [0.15, 0.2) is 34.8 Å². The summed E-state index contributed by atoms with van der Waals surface area (Å²) in [5.41, 5.74) is 7.38. The van der Waals surface area contributed by atoms with Gasteiger partial charge in [0, 0.05) is 16.7 Å². The first-order valence-corrected chi connectivity index (χ1v) is 9.61. The Balaban J connectivity index is 1.78. The average Bonchev–Trinajstić information content (AvgIpc) is 3.04. The topological polar surface area (TPSA) is 126 Å². The van der Waals surface area contributed by atoms with Crippen LogP contribution in [0.3, 0.4) is 0 Å². The minimum Gasteiger partial charge on any atom is -0.477 e. The number of β-lactam (4-membered cyclic amide) rings is 1. The molecule has 3 rings (SSSR count). The molecular weight excluding hydrogens is 400 g/mol. The highest BCUT2D eigenvalue weighted by molar-refractivity contribution is 8.00. The monoisotopic (exact) mass is 412 g/mol. The van der Waals surface area contributed by atoms with Gasteiger partial charge in [0.05, 0.1) is 11.3 Å². The summed E-state index contributed by atoms with van der Waals surface area (Å²) in [4.78, 5) is 41.6. The molecule has 1 aromatic heterocycles. The van der Waals surface area contributed by atoms with Crippen molar-refractivity contribution >= 4 is 63.2 Å². The largest absolute Gasteiger partial charge is 0.477 e. The lowest BCUT2D eigenvalue weighted by Gasteiger charge is -2.49. The lowest BCUT2D eigenvalue weighted by atomic mass is 10.0. The Morgan fingerprint density at radius 3 is 2.81 bits per heavy atom. The van der Waals surface area contributed by atoms with Crippen LogP contribution in [0.25, 0.3) is 5.57 Å². The van der Waals surface area contributed by atoms with Gasteiger partial charge in [-0.05, 0) is 5.57 Å². The van der Waals surface area contributed by atoms with Crippen LogP contribution in [0.2, 0.25) is 0 Å². The number of carbonyl (C=O) groups excluding carboxylic acids is 2. The molecule has 26 heavy (non-hydrogen) atoms. The van der Waals surface area contributed by atoms with Gasteiger partial charge in [0.25, 0.3) is 11.8 Å². The van der Waals surface area contributed by atoms with Gasteiger partial charge in [0.2, 0.25) is 0 Å². The number of allylic oxidation sites excluding steroid dienone is 1. The van der Waals surface area contributed by atoms with E-state index in [2.05, 4.69) is 16.9 Å². The summed E-state index contributed by atoms with van der Waals surface area (Å²) in [7, 11) is 0. The van der Waals surface area contributed by atoms with Gasteiger partial charge in [-0.2, -0.15) is 0 Å². The van der Waals surface area contributed by atoms with E-state index >= 15 is 0 Å². The molecular formula is C15H13ClN4O4S2. The zero-order valence-electron chi connectivity index (χ0n) is 13.1. The van der Waals surface area contributed by atoms with E-state index in [0.717, 1.165) is 16.9 Å². The molecule has 0 saturated carbocycles. The Bertz CT molecular complexity index is 879. The van der Waals surface area contributed by atoms with E-state index in [0.29, 0.717) is 17.0 Å². The van der Waals surface area contributed by atoms with Crippen LogP contribution in [0, 0.1) is 0 Å². The SMILES string of the molecule is C=CC1=C(C(=O)O)N2C(=O)C(NC(=O)/C(=C\Cl)c3csc(N)n3)[C@H]2SC1. The van der Waals surface area contributed by atoms with E-state index in [1.54, 1.807) is 5.38 Å². The van der Waals surface area contributed by atoms with Gasteiger partial charge in [-0.25, -0.2) is 9.78 Å². The number of rotatable bonds is 5. The molecule has 1 fully saturated rings. The number of carboxylic acids is 1. The van der Waals surface area contributed by atoms with Crippen molar-refractivity contribution in [2.75, 3.05) is 11.5 Å². The Labute approximate surface area is 161 Å². The minimum atomic E-state index is -1.21. The molecule has 0 spiro atoms. The normalized spacial score (nSPS) is 22.6. The van der Waals surface area contributed by atoms with Crippen LogP contribution < -0.4 is 11.1 Å². The second-order valence-electron chi connectivity index (χ2n) is 5.34. The van der Waals surface area contributed by atoms with E-state index in [1.807, 2.05) is 0 Å². The number of amides is 2. The number of aliphatic carboxylic acids is 1. The third-order valence-electron chi connectivity index (χ3n) is 3.88. The van der Waals surface area contributed by atoms with Gasteiger partial charge in [-0.15, -0.1) is 23.1 Å². The van der Waals surface area contributed by atoms with Crippen molar-refractivity contribution in [3.63, 3.8) is 0 Å². The minimum absolute atomic E-state index is 0.0763. The van der Waals surface area contributed by atoms with Crippen molar-refractivity contribution in [1.29, 1.82) is 0 Å². The summed E-state index contributed by atoms with van der Waals surface area (Å²) < 4.78 is 0. The maximum atomic E-state index is 12.5. The molecule has 2 aliphatic heterocycles.